The van der Waals surface area contributed by atoms with Crippen LogP contribution in [-0.4, -0.2) is 23.7 Å². The quantitative estimate of drug-likeness (QED) is 0.0803. The third-order valence-corrected chi connectivity index (χ3v) is 5.91. The van der Waals surface area contributed by atoms with Gasteiger partial charge in [-0.3, -0.25) is 9.59 Å². The minimum absolute atomic E-state index is 0.167. The van der Waals surface area contributed by atoms with E-state index in [2.05, 4.69) is 50.3 Å². The zero-order chi connectivity index (χ0) is 27.0. The highest BCUT2D eigenvalue weighted by Crippen LogP contribution is 2.11. The highest BCUT2D eigenvalue weighted by Gasteiger charge is 1.97. The van der Waals surface area contributed by atoms with Gasteiger partial charge in [0.15, 0.2) is 0 Å². The van der Waals surface area contributed by atoms with Crippen LogP contribution >= 0.6 is 0 Å². The van der Waals surface area contributed by atoms with Gasteiger partial charge in [0.2, 0.25) is 0 Å². The number of hydrogen-bond donors (Lipinski definition) is 1. The molecule has 0 atom stereocenters. The molecule has 0 rings (SSSR count). The lowest BCUT2D eigenvalue weighted by molar-refractivity contribution is -0.141. The summed E-state index contributed by atoms with van der Waals surface area (Å²) < 4.78 is 4.88. The molecule has 0 unspecified atom stereocenters. The molecule has 0 radical (unpaired) electrons. The van der Waals surface area contributed by atoms with Crippen LogP contribution in [0, 0.1) is 0 Å². The lowest BCUT2D eigenvalue weighted by Gasteiger charge is -2.01. The maximum absolute atomic E-state index is 10.5. The molecule has 0 saturated carbocycles. The van der Waals surface area contributed by atoms with Crippen molar-refractivity contribution in [3.63, 3.8) is 0 Å². The van der Waals surface area contributed by atoms with Crippen molar-refractivity contribution in [1.82, 2.24) is 0 Å². The van der Waals surface area contributed by atoms with Gasteiger partial charge in [-0.15, -0.1) is 0 Å². The first-order chi connectivity index (χ1) is 17.5. The van der Waals surface area contributed by atoms with Gasteiger partial charge in [0.1, 0.15) is 0 Å². The van der Waals surface area contributed by atoms with E-state index in [1.807, 2.05) is 0 Å². The van der Waals surface area contributed by atoms with Crippen LogP contribution in [0.1, 0.15) is 149 Å². The van der Waals surface area contributed by atoms with E-state index in [0.29, 0.717) is 13.0 Å². The molecule has 0 heterocycles. The molecular formula is C32H58O4. The van der Waals surface area contributed by atoms with Crippen LogP contribution in [0.4, 0.5) is 0 Å². The fourth-order valence-electron chi connectivity index (χ4n) is 3.78. The fraction of sp³-hybridized carbons (Fsp3) is 0.750. The summed E-state index contributed by atoms with van der Waals surface area (Å²) in [6.45, 7) is 6.27. The van der Waals surface area contributed by atoms with E-state index in [1.165, 1.54) is 96.8 Å². The fourth-order valence-corrected chi connectivity index (χ4v) is 3.78. The van der Waals surface area contributed by atoms with Gasteiger partial charge >= 0.3 is 11.9 Å². The van der Waals surface area contributed by atoms with Gasteiger partial charge < -0.3 is 9.84 Å². The second kappa shape index (κ2) is 33.2. The van der Waals surface area contributed by atoms with Crippen molar-refractivity contribution in [3.05, 3.63) is 36.5 Å². The smallest absolute Gasteiger partial charge is 0.303 e. The first kappa shape index (κ1) is 36.3. The monoisotopic (exact) mass is 506 g/mol. The molecule has 0 aromatic carbocycles. The second-order valence-corrected chi connectivity index (χ2v) is 9.52. The van der Waals surface area contributed by atoms with Gasteiger partial charge in [0, 0.05) is 13.3 Å². The summed E-state index contributed by atoms with van der Waals surface area (Å²) in [5, 5.41) is 8.49. The lowest BCUT2D eigenvalue weighted by Crippen LogP contribution is -1.99. The van der Waals surface area contributed by atoms with Crippen molar-refractivity contribution in [3.8, 4) is 0 Å². The third kappa shape index (κ3) is 39.4. The summed E-state index contributed by atoms with van der Waals surface area (Å²) in [6, 6.07) is 0. The van der Waals surface area contributed by atoms with Gasteiger partial charge in [-0.05, 0) is 58.3 Å². The summed E-state index contributed by atoms with van der Waals surface area (Å²) in [5.74, 6) is -0.827. The summed E-state index contributed by atoms with van der Waals surface area (Å²) >= 11 is 0. The molecule has 0 aliphatic heterocycles. The highest BCUT2D eigenvalue weighted by molar-refractivity contribution is 5.66. The van der Waals surface area contributed by atoms with Crippen molar-refractivity contribution < 1.29 is 19.4 Å². The molecule has 0 bridgehead atoms. The summed E-state index contributed by atoms with van der Waals surface area (Å²) in [7, 11) is 0. The SMILES string of the molecule is C/C=C/C/C=C\CCCCCCCCOC(C)=O.CC/C=C\CCCCCCCCCCCC(=O)O. The Morgan fingerprint density at radius 3 is 1.58 bits per heavy atom. The van der Waals surface area contributed by atoms with Crippen LogP contribution in [0.2, 0.25) is 0 Å². The number of hydrogen-bond acceptors (Lipinski definition) is 3. The summed E-state index contributed by atoms with van der Waals surface area (Å²) in [5.41, 5.74) is 0. The first-order valence-corrected chi connectivity index (χ1v) is 14.8. The molecule has 0 aliphatic carbocycles. The van der Waals surface area contributed by atoms with Crippen LogP contribution in [0.5, 0.6) is 0 Å². The van der Waals surface area contributed by atoms with E-state index in [1.54, 1.807) is 0 Å². The number of carboxylic acids is 1. The van der Waals surface area contributed by atoms with E-state index in [4.69, 9.17) is 9.84 Å². The molecule has 0 aromatic rings. The van der Waals surface area contributed by atoms with Gasteiger partial charge in [0.05, 0.1) is 6.61 Å². The minimum Gasteiger partial charge on any atom is -0.481 e. The summed E-state index contributed by atoms with van der Waals surface area (Å²) in [4.78, 5) is 20.8. The maximum Gasteiger partial charge on any atom is 0.303 e. The van der Waals surface area contributed by atoms with E-state index >= 15 is 0 Å². The van der Waals surface area contributed by atoms with Crippen LogP contribution in [0.15, 0.2) is 36.5 Å². The first-order valence-electron chi connectivity index (χ1n) is 14.8. The average Bonchev–Trinajstić information content (AvgIpc) is 2.85. The van der Waals surface area contributed by atoms with Crippen molar-refractivity contribution in [2.45, 2.75) is 149 Å². The van der Waals surface area contributed by atoms with Crippen molar-refractivity contribution in [1.29, 1.82) is 0 Å². The molecule has 210 valence electrons. The van der Waals surface area contributed by atoms with E-state index < -0.39 is 5.97 Å². The van der Waals surface area contributed by atoms with Crippen LogP contribution in [-0.2, 0) is 14.3 Å². The topological polar surface area (TPSA) is 63.6 Å². The standard InChI is InChI=1S/C16H28O2.C16H30O2/c1-3-4-5-6-7-8-9-10-11-12-13-14-15-18-16(2)17;1-2-3-4-5-6-7-8-9-10-11-12-13-14-15-16(17)18/h3-4,6-7H,5,8-15H2,1-2H3;3-4H,2,5-15H2,1H3,(H,17,18)/b4-3+,7-6-;4-3-. The molecule has 0 saturated heterocycles. The number of ether oxygens (including phenoxy) is 1. The number of rotatable bonds is 24. The number of allylic oxidation sites excluding steroid dienone is 6. The number of aliphatic carboxylic acids is 1. The van der Waals surface area contributed by atoms with Crippen LogP contribution in [0.25, 0.3) is 0 Å². The van der Waals surface area contributed by atoms with E-state index in [9.17, 15) is 9.59 Å². The molecule has 0 amide bonds. The third-order valence-electron chi connectivity index (χ3n) is 5.91. The molecule has 0 fully saturated rings. The zero-order valence-electron chi connectivity index (χ0n) is 24.0. The predicted molar refractivity (Wildman–Crippen MR) is 155 cm³/mol. The van der Waals surface area contributed by atoms with Gasteiger partial charge in [-0.1, -0.05) is 114 Å². The predicted octanol–water partition coefficient (Wildman–Crippen LogP) is 10.1. The zero-order valence-corrected chi connectivity index (χ0v) is 24.0. The van der Waals surface area contributed by atoms with Gasteiger partial charge in [-0.2, -0.15) is 0 Å². The molecular weight excluding hydrogens is 448 g/mol. The Hall–Kier alpha value is -1.84. The number of unbranched alkanes of at least 4 members (excludes halogenated alkanes) is 15. The Morgan fingerprint density at radius 2 is 1.11 bits per heavy atom. The van der Waals surface area contributed by atoms with Crippen molar-refractivity contribution in [2.24, 2.45) is 0 Å². The summed E-state index contributed by atoms with van der Waals surface area (Å²) in [6.07, 6.45) is 36.7. The highest BCUT2D eigenvalue weighted by atomic mass is 16.5. The lowest BCUT2D eigenvalue weighted by atomic mass is 10.1. The van der Waals surface area contributed by atoms with Crippen molar-refractivity contribution >= 4 is 11.9 Å². The number of esters is 1. The maximum atomic E-state index is 10.5. The molecule has 0 aromatic heterocycles. The molecule has 4 heteroatoms. The minimum atomic E-state index is -0.660. The van der Waals surface area contributed by atoms with Crippen LogP contribution < -0.4 is 0 Å². The van der Waals surface area contributed by atoms with E-state index in [0.717, 1.165) is 32.1 Å². The van der Waals surface area contributed by atoms with Gasteiger partial charge in [-0.25, -0.2) is 0 Å². The number of carbonyl (C=O) groups is 2. The van der Waals surface area contributed by atoms with E-state index in [-0.39, 0.29) is 5.97 Å². The molecule has 4 nitrogen and oxygen atoms in total. The average molecular weight is 507 g/mol. The molecule has 0 aliphatic rings. The Labute approximate surface area is 223 Å². The van der Waals surface area contributed by atoms with Crippen LogP contribution in [0.3, 0.4) is 0 Å². The molecule has 0 spiro atoms. The Kier molecular flexibility index (Phi) is 33.5. The Balaban J connectivity index is 0. The van der Waals surface area contributed by atoms with Crippen molar-refractivity contribution in [2.75, 3.05) is 6.61 Å². The Morgan fingerprint density at radius 1 is 0.639 bits per heavy atom. The molecule has 36 heavy (non-hydrogen) atoms. The number of carboxylic acid groups (broad SMARTS) is 1. The normalized spacial score (nSPS) is 11.3. The number of carbonyl (C=O) groups excluding carboxylic acids is 1. The largest absolute Gasteiger partial charge is 0.481 e. The van der Waals surface area contributed by atoms with Gasteiger partial charge in [0.25, 0.3) is 0 Å². The molecule has 1 N–H and O–H groups in total. The Bertz CT molecular complexity index is 548. The second-order valence-electron chi connectivity index (χ2n) is 9.52.